The Labute approximate surface area is 173 Å². The van der Waals surface area contributed by atoms with Crippen LogP contribution in [0.4, 0.5) is 0 Å². The zero-order valence-corrected chi connectivity index (χ0v) is 18.6. The molecule has 0 aliphatic rings. The topological polar surface area (TPSA) is 46.5 Å². The molecule has 27 heavy (non-hydrogen) atoms. The Morgan fingerprint density at radius 2 is 1.15 bits per heavy atom. The van der Waals surface area contributed by atoms with Crippen molar-refractivity contribution in [3.63, 3.8) is 0 Å². The molecule has 0 bridgehead atoms. The SMILES string of the molecule is CCCCCCCCCC(CCCCCCCCCCCC(=O)O)OCCl. The molecule has 1 atom stereocenters. The van der Waals surface area contributed by atoms with Crippen molar-refractivity contribution in [1.82, 2.24) is 0 Å². The van der Waals surface area contributed by atoms with Crippen LogP contribution in [-0.4, -0.2) is 23.2 Å². The first kappa shape index (κ1) is 26.7. The third-order valence-electron chi connectivity index (χ3n) is 5.35. The van der Waals surface area contributed by atoms with Gasteiger partial charge in [-0.05, 0) is 19.3 Å². The van der Waals surface area contributed by atoms with E-state index in [0.29, 0.717) is 18.6 Å². The van der Waals surface area contributed by atoms with Crippen LogP contribution < -0.4 is 0 Å². The molecule has 0 rings (SSSR count). The van der Waals surface area contributed by atoms with Crippen molar-refractivity contribution >= 4 is 17.6 Å². The van der Waals surface area contributed by atoms with E-state index >= 15 is 0 Å². The minimum Gasteiger partial charge on any atom is -0.481 e. The van der Waals surface area contributed by atoms with Gasteiger partial charge in [0.2, 0.25) is 0 Å². The minimum absolute atomic E-state index is 0.322. The Balaban J connectivity index is 3.42. The average Bonchev–Trinajstić information content (AvgIpc) is 2.65. The summed E-state index contributed by atoms with van der Waals surface area (Å²) in [5.74, 6) is -0.668. The van der Waals surface area contributed by atoms with Crippen LogP contribution in [0.1, 0.15) is 129 Å². The van der Waals surface area contributed by atoms with Crippen LogP contribution in [0.3, 0.4) is 0 Å². The second kappa shape index (κ2) is 22.0. The molecule has 0 aromatic heterocycles. The molecule has 0 spiro atoms. The lowest BCUT2D eigenvalue weighted by atomic mass is 10.0. The molecule has 0 aromatic carbocycles. The molecule has 4 heteroatoms. The number of carbonyl (C=O) groups is 1. The van der Waals surface area contributed by atoms with Gasteiger partial charge in [0.25, 0.3) is 0 Å². The Morgan fingerprint density at radius 3 is 1.56 bits per heavy atom. The van der Waals surface area contributed by atoms with Gasteiger partial charge in [0, 0.05) is 6.42 Å². The van der Waals surface area contributed by atoms with Crippen LogP contribution in [0.15, 0.2) is 0 Å². The van der Waals surface area contributed by atoms with Gasteiger partial charge in [-0.2, -0.15) is 0 Å². The van der Waals surface area contributed by atoms with Gasteiger partial charge < -0.3 is 9.84 Å². The maximum absolute atomic E-state index is 10.4. The predicted molar refractivity (Wildman–Crippen MR) is 117 cm³/mol. The normalized spacial score (nSPS) is 12.4. The summed E-state index contributed by atoms with van der Waals surface area (Å²) in [6, 6.07) is 0.322. The number of alkyl halides is 1. The number of rotatable bonds is 22. The van der Waals surface area contributed by atoms with E-state index in [4.69, 9.17) is 21.4 Å². The van der Waals surface area contributed by atoms with E-state index in [2.05, 4.69) is 6.92 Å². The lowest BCUT2D eigenvalue weighted by Gasteiger charge is -2.16. The number of aliphatic carboxylic acids is 1. The second-order valence-corrected chi connectivity index (χ2v) is 8.14. The fourth-order valence-corrected chi connectivity index (χ4v) is 3.79. The van der Waals surface area contributed by atoms with Gasteiger partial charge in [-0.25, -0.2) is 0 Å². The van der Waals surface area contributed by atoms with E-state index in [1.165, 1.54) is 89.9 Å². The smallest absolute Gasteiger partial charge is 0.303 e. The number of carboxylic acid groups (broad SMARTS) is 1. The molecule has 0 saturated heterocycles. The Hall–Kier alpha value is -0.280. The molecule has 1 unspecified atom stereocenters. The van der Waals surface area contributed by atoms with Crippen LogP contribution >= 0.6 is 11.6 Å². The monoisotopic (exact) mass is 404 g/mol. The van der Waals surface area contributed by atoms with Crippen LogP contribution in [0.5, 0.6) is 0 Å². The highest BCUT2D eigenvalue weighted by Crippen LogP contribution is 2.17. The fraction of sp³-hybridized carbons (Fsp3) is 0.957. The molecule has 162 valence electrons. The lowest BCUT2D eigenvalue weighted by Crippen LogP contribution is -2.12. The third kappa shape index (κ3) is 21.9. The molecular formula is C23H45ClO3. The van der Waals surface area contributed by atoms with Gasteiger partial charge in [-0.3, -0.25) is 4.79 Å². The largest absolute Gasteiger partial charge is 0.481 e. The van der Waals surface area contributed by atoms with Crippen molar-refractivity contribution in [2.75, 3.05) is 6.07 Å². The van der Waals surface area contributed by atoms with Crippen molar-refractivity contribution in [2.24, 2.45) is 0 Å². The fourth-order valence-electron chi connectivity index (χ4n) is 3.61. The first-order valence-electron chi connectivity index (χ1n) is 11.6. The third-order valence-corrected chi connectivity index (χ3v) is 5.47. The van der Waals surface area contributed by atoms with Crippen molar-refractivity contribution in [2.45, 2.75) is 135 Å². The van der Waals surface area contributed by atoms with E-state index in [0.717, 1.165) is 25.7 Å². The molecule has 1 N–H and O–H groups in total. The summed E-state index contributed by atoms with van der Waals surface area (Å²) in [4.78, 5) is 10.4. The predicted octanol–water partition coefficient (Wildman–Crippen LogP) is 8.08. The highest BCUT2D eigenvalue weighted by Gasteiger charge is 2.08. The Bertz CT molecular complexity index is 310. The van der Waals surface area contributed by atoms with Crippen LogP contribution in [0.25, 0.3) is 0 Å². The quantitative estimate of drug-likeness (QED) is 0.146. The van der Waals surface area contributed by atoms with Gasteiger partial charge in [0.05, 0.1) is 6.10 Å². The maximum atomic E-state index is 10.4. The summed E-state index contributed by atoms with van der Waals surface area (Å²) in [7, 11) is 0. The summed E-state index contributed by atoms with van der Waals surface area (Å²) < 4.78 is 5.71. The summed E-state index contributed by atoms with van der Waals surface area (Å²) >= 11 is 5.79. The Morgan fingerprint density at radius 1 is 0.741 bits per heavy atom. The first-order valence-corrected chi connectivity index (χ1v) is 12.1. The summed E-state index contributed by atoms with van der Waals surface area (Å²) in [5.41, 5.74) is 0. The second-order valence-electron chi connectivity index (χ2n) is 7.92. The zero-order chi connectivity index (χ0) is 20.0. The number of ether oxygens (including phenoxy) is 1. The van der Waals surface area contributed by atoms with E-state index in [1.54, 1.807) is 0 Å². The van der Waals surface area contributed by atoms with Gasteiger partial charge in [0.1, 0.15) is 6.07 Å². The van der Waals surface area contributed by atoms with Crippen LogP contribution in [-0.2, 0) is 9.53 Å². The maximum Gasteiger partial charge on any atom is 0.303 e. The van der Waals surface area contributed by atoms with Crippen LogP contribution in [0.2, 0.25) is 0 Å². The van der Waals surface area contributed by atoms with E-state index in [-0.39, 0.29) is 0 Å². The molecule has 0 aliphatic heterocycles. The lowest BCUT2D eigenvalue weighted by molar-refractivity contribution is -0.137. The number of unbranched alkanes of at least 4 members (excludes halogenated alkanes) is 14. The van der Waals surface area contributed by atoms with Crippen molar-refractivity contribution in [1.29, 1.82) is 0 Å². The van der Waals surface area contributed by atoms with Gasteiger partial charge in [0.15, 0.2) is 0 Å². The highest BCUT2D eigenvalue weighted by molar-refractivity contribution is 6.17. The number of hydrogen-bond acceptors (Lipinski definition) is 2. The molecule has 0 heterocycles. The molecule has 3 nitrogen and oxygen atoms in total. The Kier molecular flexibility index (Phi) is 21.8. The molecule has 0 amide bonds. The molecular weight excluding hydrogens is 360 g/mol. The minimum atomic E-state index is -0.668. The summed E-state index contributed by atoms with van der Waals surface area (Å²) in [6.45, 7) is 2.26. The standard InChI is InChI=1S/C23H45ClO3/c1-2-3-4-5-9-12-15-18-22(27-21-24)19-16-13-10-7-6-8-11-14-17-20-23(25)26/h22H,2-21H2,1H3,(H,25,26). The van der Waals surface area contributed by atoms with Crippen molar-refractivity contribution in [3.8, 4) is 0 Å². The number of carboxylic acids is 1. The molecule has 0 fully saturated rings. The van der Waals surface area contributed by atoms with Gasteiger partial charge in [-0.15, -0.1) is 0 Å². The van der Waals surface area contributed by atoms with E-state index < -0.39 is 5.97 Å². The number of hydrogen-bond donors (Lipinski definition) is 1. The zero-order valence-electron chi connectivity index (χ0n) is 17.9. The molecule has 0 aliphatic carbocycles. The average molecular weight is 405 g/mol. The first-order chi connectivity index (χ1) is 13.2. The van der Waals surface area contributed by atoms with Crippen molar-refractivity contribution < 1.29 is 14.6 Å². The van der Waals surface area contributed by atoms with Gasteiger partial charge in [-0.1, -0.05) is 115 Å². The number of halogens is 1. The molecule has 0 saturated carbocycles. The van der Waals surface area contributed by atoms with E-state index in [1.807, 2.05) is 0 Å². The highest BCUT2D eigenvalue weighted by atomic mass is 35.5. The van der Waals surface area contributed by atoms with E-state index in [9.17, 15) is 4.79 Å². The summed E-state index contributed by atoms with van der Waals surface area (Å²) in [6.07, 6.45) is 23.2. The molecule has 0 radical (unpaired) electrons. The van der Waals surface area contributed by atoms with Crippen molar-refractivity contribution in [3.05, 3.63) is 0 Å². The van der Waals surface area contributed by atoms with Crippen LogP contribution in [0, 0.1) is 0 Å². The summed E-state index contributed by atoms with van der Waals surface area (Å²) in [5, 5.41) is 8.59. The molecule has 0 aromatic rings. The van der Waals surface area contributed by atoms with Gasteiger partial charge >= 0.3 is 5.97 Å².